The number of carboxylic acid groups (broad SMARTS) is 1. The van der Waals surface area contributed by atoms with Crippen molar-refractivity contribution in [1.82, 2.24) is 0 Å². The first-order valence-electron chi connectivity index (χ1n) is 5.45. The Morgan fingerprint density at radius 1 is 1.47 bits per heavy atom. The van der Waals surface area contributed by atoms with Gasteiger partial charge in [0, 0.05) is 12.1 Å². The lowest BCUT2D eigenvalue weighted by molar-refractivity contribution is -0.169. The van der Waals surface area contributed by atoms with Gasteiger partial charge in [-0.2, -0.15) is 0 Å². The van der Waals surface area contributed by atoms with E-state index in [0.29, 0.717) is 12.2 Å². The zero-order valence-electron chi connectivity index (χ0n) is 9.00. The molecule has 0 aromatic heterocycles. The molecule has 1 aromatic carbocycles. The number of ether oxygens (including phenoxy) is 1. The first-order chi connectivity index (χ1) is 8.15. The molecule has 2 bridgehead atoms. The maximum absolute atomic E-state index is 11.9. The summed E-state index contributed by atoms with van der Waals surface area (Å²) in [6.45, 7) is 0.512. The summed E-state index contributed by atoms with van der Waals surface area (Å²) in [6.07, 6.45) is 0.557. The van der Waals surface area contributed by atoms with Gasteiger partial charge in [-0.25, -0.2) is 4.79 Å². The second-order valence-corrected chi connectivity index (χ2v) is 4.29. The van der Waals surface area contributed by atoms with Crippen LogP contribution in [0.2, 0.25) is 0 Å². The van der Waals surface area contributed by atoms with Crippen LogP contribution in [0.25, 0.3) is 0 Å². The van der Waals surface area contributed by atoms with Crippen LogP contribution in [0, 0.1) is 0 Å². The Hall–Kier alpha value is -1.88. The van der Waals surface area contributed by atoms with E-state index in [4.69, 9.17) is 9.84 Å². The third kappa shape index (κ3) is 1.59. The third-order valence-corrected chi connectivity index (χ3v) is 3.17. The fourth-order valence-electron chi connectivity index (χ4n) is 2.24. The fourth-order valence-corrected chi connectivity index (χ4v) is 2.24. The van der Waals surface area contributed by atoms with Crippen LogP contribution >= 0.6 is 0 Å². The highest BCUT2D eigenvalue weighted by Gasteiger charge is 2.45. The van der Waals surface area contributed by atoms with Gasteiger partial charge in [-0.3, -0.25) is 4.79 Å². The van der Waals surface area contributed by atoms with Crippen molar-refractivity contribution in [2.45, 2.75) is 18.6 Å². The average Bonchev–Trinajstić information content (AvgIpc) is 2.27. The minimum absolute atomic E-state index is 0.0740. The van der Waals surface area contributed by atoms with E-state index in [1.165, 1.54) is 12.1 Å². The normalized spacial score (nSPS) is 26.6. The van der Waals surface area contributed by atoms with Crippen molar-refractivity contribution < 1.29 is 19.4 Å². The van der Waals surface area contributed by atoms with Crippen LogP contribution in [-0.2, 0) is 9.53 Å². The molecule has 2 unspecified atom stereocenters. The smallest absolute Gasteiger partial charge is 0.335 e. The Kier molecular flexibility index (Phi) is 2.16. The highest BCUT2D eigenvalue weighted by Crippen LogP contribution is 2.32. The first-order valence-corrected chi connectivity index (χ1v) is 5.45. The van der Waals surface area contributed by atoms with E-state index in [-0.39, 0.29) is 23.7 Å². The van der Waals surface area contributed by atoms with Crippen LogP contribution in [-0.4, -0.2) is 35.7 Å². The second-order valence-electron chi connectivity index (χ2n) is 4.29. The lowest BCUT2D eigenvalue weighted by atomic mass is 9.97. The summed E-state index contributed by atoms with van der Waals surface area (Å²) >= 11 is 0. The Morgan fingerprint density at radius 3 is 2.88 bits per heavy atom. The molecule has 88 valence electrons. The number of benzene rings is 1. The van der Waals surface area contributed by atoms with E-state index >= 15 is 0 Å². The number of morpholine rings is 1. The molecule has 17 heavy (non-hydrogen) atoms. The van der Waals surface area contributed by atoms with Crippen LogP contribution in [0.4, 0.5) is 5.69 Å². The molecule has 1 aromatic rings. The number of aromatic carboxylic acids is 1. The molecule has 2 atom stereocenters. The van der Waals surface area contributed by atoms with E-state index in [1.807, 2.05) is 0 Å². The van der Waals surface area contributed by atoms with Crippen molar-refractivity contribution in [2.75, 3.05) is 11.4 Å². The zero-order valence-corrected chi connectivity index (χ0v) is 9.00. The molecule has 0 spiro atoms. The monoisotopic (exact) mass is 233 g/mol. The molecular formula is C12H11NO4. The van der Waals surface area contributed by atoms with Gasteiger partial charge in [0.05, 0.1) is 18.2 Å². The summed E-state index contributed by atoms with van der Waals surface area (Å²) in [5.41, 5.74) is 0.823. The summed E-state index contributed by atoms with van der Waals surface area (Å²) in [5.74, 6) is -1.06. The molecule has 3 saturated heterocycles. The van der Waals surface area contributed by atoms with Crippen LogP contribution < -0.4 is 4.90 Å². The molecule has 3 aliphatic heterocycles. The predicted octanol–water partition coefficient (Wildman–Crippen LogP) is 0.889. The number of amides is 1. The second kappa shape index (κ2) is 3.56. The average molecular weight is 233 g/mol. The largest absolute Gasteiger partial charge is 0.478 e. The van der Waals surface area contributed by atoms with Crippen molar-refractivity contribution in [2.24, 2.45) is 0 Å². The number of rotatable bonds is 2. The summed E-state index contributed by atoms with van der Waals surface area (Å²) in [4.78, 5) is 24.4. The molecule has 3 heterocycles. The topological polar surface area (TPSA) is 66.8 Å². The van der Waals surface area contributed by atoms with Crippen LogP contribution in [0.3, 0.4) is 0 Å². The number of carboxylic acids is 1. The maximum Gasteiger partial charge on any atom is 0.335 e. The van der Waals surface area contributed by atoms with Crippen molar-refractivity contribution in [3.05, 3.63) is 29.8 Å². The number of fused-ring (bicyclic) bond motifs is 2. The number of nitrogens with zero attached hydrogens (tertiary/aromatic N) is 1. The SMILES string of the molecule is O=C(O)c1cccc(N2CC3CC(O3)C2=O)c1. The summed E-state index contributed by atoms with van der Waals surface area (Å²) in [5, 5.41) is 8.91. The van der Waals surface area contributed by atoms with Gasteiger partial charge in [-0.15, -0.1) is 0 Å². The summed E-state index contributed by atoms with van der Waals surface area (Å²) < 4.78 is 5.31. The minimum atomic E-state index is -0.988. The molecule has 3 fully saturated rings. The standard InChI is InChI=1S/C12H11NO4/c14-11-10-5-9(17-10)6-13(11)8-3-1-2-7(4-8)12(15)16/h1-4,9-10H,5-6H2,(H,15,16). The lowest BCUT2D eigenvalue weighted by Gasteiger charge is -2.45. The van der Waals surface area contributed by atoms with E-state index < -0.39 is 5.97 Å². The van der Waals surface area contributed by atoms with Gasteiger partial charge in [-0.1, -0.05) is 6.07 Å². The lowest BCUT2D eigenvalue weighted by Crippen LogP contribution is -2.61. The van der Waals surface area contributed by atoms with Crippen molar-refractivity contribution in [1.29, 1.82) is 0 Å². The first kappa shape index (κ1) is 10.3. The molecule has 5 heteroatoms. The van der Waals surface area contributed by atoms with Gasteiger partial charge in [0.25, 0.3) is 5.91 Å². The molecule has 4 rings (SSSR count). The molecule has 1 N–H and O–H groups in total. The number of piperidine rings is 1. The number of carbonyl (C=O) groups excluding carboxylic acids is 1. The van der Waals surface area contributed by atoms with Crippen LogP contribution in [0.1, 0.15) is 16.8 Å². The van der Waals surface area contributed by atoms with Crippen LogP contribution in [0.15, 0.2) is 24.3 Å². The number of anilines is 1. The van der Waals surface area contributed by atoms with Gasteiger partial charge in [0.1, 0.15) is 6.10 Å². The van der Waals surface area contributed by atoms with Gasteiger partial charge < -0.3 is 14.7 Å². The van der Waals surface area contributed by atoms with E-state index in [9.17, 15) is 9.59 Å². The summed E-state index contributed by atoms with van der Waals surface area (Å²) in [7, 11) is 0. The quantitative estimate of drug-likeness (QED) is 0.823. The predicted molar refractivity (Wildman–Crippen MR) is 59.0 cm³/mol. The molecule has 1 amide bonds. The van der Waals surface area contributed by atoms with Gasteiger partial charge in [0.2, 0.25) is 0 Å². The highest BCUT2D eigenvalue weighted by atomic mass is 16.5. The third-order valence-electron chi connectivity index (χ3n) is 3.17. The molecule has 3 aliphatic rings. The Morgan fingerprint density at radius 2 is 2.24 bits per heavy atom. The Balaban J connectivity index is 1.91. The molecule has 5 nitrogen and oxygen atoms in total. The van der Waals surface area contributed by atoms with Gasteiger partial charge in [-0.05, 0) is 18.2 Å². The highest BCUT2D eigenvalue weighted by molar-refractivity contribution is 5.99. The number of carbonyl (C=O) groups is 2. The Labute approximate surface area is 97.6 Å². The van der Waals surface area contributed by atoms with E-state index in [1.54, 1.807) is 17.0 Å². The van der Waals surface area contributed by atoms with E-state index in [2.05, 4.69) is 0 Å². The molecular weight excluding hydrogens is 222 g/mol. The molecule has 0 aliphatic carbocycles. The van der Waals surface area contributed by atoms with Crippen molar-refractivity contribution >= 4 is 17.6 Å². The number of hydrogen-bond donors (Lipinski definition) is 1. The van der Waals surface area contributed by atoms with Gasteiger partial charge >= 0.3 is 5.97 Å². The molecule has 0 radical (unpaired) electrons. The minimum Gasteiger partial charge on any atom is -0.478 e. The van der Waals surface area contributed by atoms with Crippen molar-refractivity contribution in [3.8, 4) is 0 Å². The van der Waals surface area contributed by atoms with Gasteiger partial charge in [0.15, 0.2) is 0 Å². The van der Waals surface area contributed by atoms with Crippen LogP contribution in [0.5, 0.6) is 0 Å². The fraction of sp³-hybridized carbons (Fsp3) is 0.333. The molecule has 0 saturated carbocycles. The van der Waals surface area contributed by atoms with E-state index in [0.717, 1.165) is 6.42 Å². The Bertz CT molecular complexity index is 493. The maximum atomic E-state index is 11.9. The summed E-state index contributed by atoms with van der Waals surface area (Å²) in [6, 6.07) is 6.42. The number of hydrogen-bond acceptors (Lipinski definition) is 3. The zero-order chi connectivity index (χ0) is 12.0. The van der Waals surface area contributed by atoms with Crippen molar-refractivity contribution in [3.63, 3.8) is 0 Å².